The van der Waals surface area contributed by atoms with Crippen LogP contribution in [-0.4, -0.2) is 42.3 Å². The number of nitrogens with one attached hydrogen (secondary N) is 2. The van der Waals surface area contributed by atoms with Crippen LogP contribution in [0.4, 0.5) is 5.69 Å². The number of amides is 3. The molecule has 32 heavy (non-hydrogen) atoms. The highest BCUT2D eigenvalue weighted by atomic mass is 35.5. The van der Waals surface area contributed by atoms with Gasteiger partial charge < -0.3 is 20.3 Å². The zero-order valence-electron chi connectivity index (χ0n) is 18.9. The molecule has 0 bridgehead atoms. The van der Waals surface area contributed by atoms with Gasteiger partial charge in [-0.3, -0.25) is 14.4 Å². The predicted molar refractivity (Wildman–Crippen MR) is 126 cm³/mol. The highest BCUT2D eigenvalue weighted by Crippen LogP contribution is 2.28. The van der Waals surface area contributed by atoms with E-state index in [1.54, 1.807) is 23.1 Å². The van der Waals surface area contributed by atoms with Gasteiger partial charge in [-0.15, -0.1) is 0 Å². The maximum atomic E-state index is 12.6. The standard InChI is InChI=1S/C24H30ClN3O4/c1-5-28(6-2)24(31)15-32-22-12-11-19(13-20(22)25)27-23(30)14-21(26-17(4)29)18-9-7-16(3)8-10-18/h7-13,21H,5-6,14-15H2,1-4H3,(H,26,29)(H,27,30). The number of benzene rings is 2. The van der Waals surface area contributed by atoms with Crippen LogP contribution in [0.1, 0.15) is 44.4 Å². The number of likely N-dealkylation sites (N-methyl/N-ethyl adjacent to an activating group) is 1. The first kappa shape index (κ1) is 25.2. The zero-order chi connectivity index (χ0) is 23.7. The highest BCUT2D eigenvalue weighted by Gasteiger charge is 2.18. The third kappa shape index (κ3) is 7.57. The van der Waals surface area contributed by atoms with Gasteiger partial charge in [0.05, 0.1) is 17.5 Å². The Kier molecular flexibility index (Phi) is 9.53. The number of nitrogens with zero attached hydrogens (tertiary/aromatic N) is 1. The molecule has 0 heterocycles. The molecule has 0 radical (unpaired) electrons. The van der Waals surface area contributed by atoms with Crippen molar-refractivity contribution in [3.63, 3.8) is 0 Å². The van der Waals surface area contributed by atoms with Gasteiger partial charge in [-0.05, 0) is 44.5 Å². The van der Waals surface area contributed by atoms with Gasteiger partial charge in [0.2, 0.25) is 11.8 Å². The summed E-state index contributed by atoms with van der Waals surface area (Å²) in [6.45, 7) is 8.31. The summed E-state index contributed by atoms with van der Waals surface area (Å²) in [5, 5.41) is 5.89. The average Bonchev–Trinajstić information content (AvgIpc) is 2.73. The van der Waals surface area contributed by atoms with Crippen LogP contribution in [0.2, 0.25) is 5.02 Å². The highest BCUT2D eigenvalue weighted by molar-refractivity contribution is 6.32. The smallest absolute Gasteiger partial charge is 0.260 e. The van der Waals surface area contributed by atoms with Gasteiger partial charge in [-0.25, -0.2) is 0 Å². The molecular formula is C24H30ClN3O4. The lowest BCUT2D eigenvalue weighted by Crippen LogP contribution is -2.34. The SMILES string of the molecule is CCN(CC)C(=O)COc1ccc(NC(=O)CC(NC(C)=O)c2ccc(C)cc2)cc1Cl. The van der Waals surface area contributed by atoms with E-state index in [-0.39, 0.29) is 35.8 Å². The molecular weight excluding hydrogens is 430 g/mol. The molecule has 0 saturated carbocycles. The molecule has 2 N–H and O–H groups in total. The fourth-order valence-corrected chi connectivity index (χ4v) is 3.43. The first-order chi connectivity index (χ1) is 15.2. The van der Waals surface area contributed by atoms with Crippen molar-refractivity contribution >= 4 is 35.0 Å². The van der Waals surface area contributed by atoms with Crippen molar-refractivity contribution in [2.45, 2.75) is 40.2 Å². The van der Waals surface area contributed by atoms with Gasteiger partial charge in [0.15, 0.2) is 6.61 Å². The van der Waals surface area contributed by atoms with Crippen molar-refractivity contribution in [3.05, 3.63) is 58.6 Å². The summed E-state index contributed by atoms with van der Waals surface area (Å²) >= 11 is 6.27. The van der Waals surface area contributed by atoms with Gasteiger partial charge in [0.1, 0.15) is 5.75 Å². The second-order valence-electron chi connectivity index (χ2n) is 7.42. The van der Waals surface area contributed by atoms with E-state index in [0.717, 1.165) is 11.1 Å². The maximum absolute atomic E-state index is 12.6. The minimum Gasteiger partial charge on any atom is -0.482 e. The Labute approximate surface area is 194 Å². The first-order valence-electron chi connectivity index (χ1n) is 10.6. The van der Waals surface area contributed by atoms with Gasteiger partial charge in [0, 0.05) is 25.7 Å². The molecule has 3 amide bonds. The number of aryl methyl sites for hydroxylation is 1. The van der Waals surface area contributed by atoms with Crippen molar-refractivity contribution in [2.24, 2.45) is 0 Å². The molecule has 2 aromatic carbocycles. The molecule has 0 saturated heterocycles. The first-order valence-corrected chi connectivity index (χ1v) is 10.9. The number of carbonyl (C=O) groups is 3. The van der Waals surface area contributed by atoms with Crippen molar-refractivity contribution in [1.29, 1.82) is 0 Å². The molecule has 8 heteroatoms. The van der Waals surface area contributed by atoms with Crippen molar-refractivity contribution < 1.29 is 19.1 Å². The minimum atomic E-state index is -0.447. The normalized spacial score (nSPS) is 11.4. The Morgan fingerprint density at radius 1 is 1.06 bits per heavy atom. The van der Waals surface area contributed by atoms with E-state index in [1.807, 2.05) is 45.0 Å². The Balaban J connectivity index is 2.01. The van der Waals surface area contributed by atoms with Gasteiger partial charge in [-0.2, -0.15) is 0 Å². The molecule has 1 atom stereocenters. The summed E-state index contributed by atoms with van der Waals surface area (Å²) in [7, 11) is 0. The fourth-order valence-electron chi connectivity index (χ4n) is 3.20. The Bertz CT molecular complexity index is 943. The topological polar surface area (TPSA) is 87.7 Å². The summed E-state index contributed by atoms with van der Waals surface area (Å²) in [6.07, 6.45) is 0.0664. The van der Waals surface area contributed by atoms with E-state index in [9.17, 15) is 14.4 Å². The molecule has 7 nitrogen and oxygen atoms in total. The summed E-state index contributed by atoms with van der Waals surface area (Å²) in [5.74, 6) is -0.248. The van der Waals surface area contributed by atoms with Crippen LogP contribution in [0, 0.1) is 6.92 Å². The number of hydrogen-bond acceptors (Lipinski definition) is 4. The maximum Gasteiger partial charge on any atom is 0.260 e. The number of carbonyl (C=O) groups excluding carboxylic acids is 3. The molecule has 0 fully saturated rings. The van der Waals surface area contributed by atoms with Crippen LogP contribution in [0.3, 0.4) is 0 Å². The van der Waals surface area contributed by atoms with Gasteiger partial charge in [0.25, 0.3) is 5.91 Å². The molecule has 0 aliphatic heterocycles. The lowest BCUT2D eigenvalue weighted by atomic mass is 10.0. The zero-order valence-corrected chi connectivity index (χ0v) is 19.7. The average molecular weight is 460 g/mol. The summed E-state index contributed by atoms with van der Waals surface area (Å²) in [4.78, 5) is 38.0. The molecule has 1 unspecified atom stereocenters. The summed E-state index contributed by atoms with van der Waals surface area (Å²) in [6, 6.07) is 12.0. The minimum absolute atomic E-state index is 0.0664. The number of halogens is 1. The molecule has 0 spiro atoms. The van der Waals surface area contributed by atoms with Crippen LogP contribution >= 0.6 is 11.6 Å². The number of rotatable bonds is 10. The molecule has 0 aliphatic carbocycles. The largest absolute Gasteiger partial charge is 0.482 e. The Morgan fingerprint density at radius 3 is 2.28 bits per heavy atom. The second kappa shape index (κ2) is 12.1. The molecule has 172 valence electrons. The number of anilines is 1. The third-order valence-electron chi connectivity index (χ3n) is 4.93. The number of hydrogen-bond donors (Lipinski definition) is 2. The monoisotopic (exact) mass is 459 g/mol. The van der Waals surface area contributed by atoms with E-state index < -0.39 is 6.04 Å². The Hall–Kier alpha value is -3.06. The van der Waals surface area contributed by atoms with E-state index >= 15 is 0 Å². The molecule has 0 aromatic heterocycles. The quantitative estimate of drug-likeness (QED) is 0.559. The molecule has 2 aromatic rings. The lowest BCUT2D eigenvalue weighted by Gasteiger charge is -2.19. The third-order valence-corrected chi connectivity index (χ3v) is 5.23. The van der Waals surface area contributed by atoms with E-state index in [4.69, 9.17) is 16.3 Å². The van der Waals surface area contributed by atoms with Crippen LogP contribution in [0.25, 0.3) is 0 Å². The van der Waals surface area contributed by atoms with Crippen molar-refractivity contribution in [1.82, 2.24) is 10.2 Å². The number of ether oxygens (including phenoxy) is 1. The summed E-state index contributed by atoms with van der Waals surface area (Å²) in [5.41, 5.74) is 2.43. The van der Waals surface area contributed by atoms with Crippen LogP contribution < -0.4 is 15.4 Å². The lowest BCUT2D eigenvalue weighted by molar-refractivity contribution is -0.133. The van der Waals surface area contributed by atoms with Crippen LogP contribution in [0.5, 0.6) is 5.75 Å². The Morgan fingerprint density at radius 2 is 1.72 bits per heavy atom. The predicted octanol–water partition coefficient (Wildman–Crippen LogP) is 4.10. The van der Waals surface area contributed by atoms with E-state index in [1.165, 1.54) is 6.92 Å². The molecule has 2 rings (SSSR count). The van der Waals surface area contributed by atoms with Crippen LogP contribution in [-0.2, 0) is 14.4 Å². The van der Waals surface area contributed by atoms with Crippen LogP contribution in [0.15, 0.2) is 42.5 Å². The van der Waals surface area contributed by atoms with E-state index in [0.29, 0.717) is 24.5 Å². The van der Waals surface area contributed by atoms with Gasteiger partial charge >= 0.3 is 0 Å². The fraction of sp³-hybridized carbons (Fsp3) is 0.375. The van der Waals surface area contributed by atoms with E-state index in [2.05, 4.69) is 10.6 Å². The van der Waals surface area contributed by atoms with Crippen molar-refractivity contribution in [2.75, 3.05) is 25.0 Å². The van der Waals surface area contributed by atoms with Gasteiger partial charge in [-0.1, -0.05) is 41.4 Å². The second-order valence-corrected chi connectivity index (χ2v) is 7.82. The van der Waals surface area contributed by atoms with Crippen molar-refractivity contribution in [3.8, 4) is 5.75 Å². The molecule has 0 aliphatic rings. The summed E-state index contributed by atoms with van der Waals surface area (Å²) < 4.78 is 5.54.